The summed E-state index contributed by atoms with van der Waals surface area (Å²) in [6, 6.07) is 17.7. The normalized spacial score (nSPS) is 10.1. The van der Waals surface area contributed by atoms with Gasteiger partial charge in [-0.15, -0.1) is 0 Å². The number of hydrogen-bond donors (Lipinski definition) is 0. The first-order valence-electron chi connectivity index (χ1n) is 5.50. The van der Waals surface area contributed by atoms with E-state index in [4.69, 9.17) is 0 Å². The minimum absolute atomic E-state index is 0. The fourth-order valence-corrected chi connectivity index (χ4v) is 1.43. The van der Waals surface area contributed by atoms with Crippen molar-refractivity contribution < 1.29 is 0 Å². The van der Waals surface area contributed by atoms with Crippen LogP contribution in [0.25, 0.3) is 0 Å². The van der Waals surface area contributed by atoms with Crippen LogP contribution in [0.15, 0.2) is 64.8 Å². The van der Waals surface area contributed by atoms with Gasteiger partial charge in [0.2, 0.25) is 0 Å². The number of benzene rings is 2. The fourth-order valence-electron chi connectivity index (χ4n) is 1.43. The van der Waals surface area contributed by atoms with E-state index < -0.39 is 0 Å². The Labute approximate surface area is 130 Å². The fraction of sp³-hybridized carbons (Fsp3) is 0.143. The average Bonchev–Trinajstić information content (AvgIpc) is 2.38. The van der Waals surface area contributed by atoms with Crippen LogP contribution >= 0.6 is 0 Å². The van der Waals surface area contributed by atoms with Crippen LogP contribution in [0, 0.1) is 0 Å². The van der Waals surface area contributed by atoms with E-state index in [1.54, 1.807) is 0 Å². The van der Waals surface area contributed by atoms with E-state index in [0.717, 1.165) is 17.1 Å². The SMILES string of the molecule is CN(C)c1ccc(N=Nc2ccccc2)cc1.[Na]. The molecule has 2 aromatic carbocycles. The Balaban J connectivity index is 0.00000162. The Bertz CT molecular complexity index is 492. The number of hydrogen-bond acceptors (Lipinski definition) is 3. The first-order chi connectivity index (χ1) is 8.25. The molecule has 0 aliphatic heterocycles. The van der Waals surface area contributed by atoms with Crippen molar-refractivity contribution in [1.29, 1.82) is 0 Å². The van der Waals surface area contributed by atoms with Crippen molar-refractivity contribution in [2.24, 2.45) is 10.2 Å². The predicted molar refractivity (Wildman–Crippen MR) is 77.1 cm³/mol. The smallest absolute Gasteiger partial charge is 0.0858 e. The molecule has 0 amide bonds. The molecule has 2 aromatic rings. The predicted octanol–water partition coefficient (Wildman–Crippen LogP) is 3.79. The Morgan fingerprint density at radius 2 is 1.22 bits per heavy atom. The van der Waals surface area contributed by atoms with Crippen molar-refractivity contribution in [1.82, 2.24) is 0 Å². The van der Waals surface area contributed by atoms with Crippen LogP contribution in [0.4, 0.5) is 17.1 Å². The summed E-state index contributed by atoms with van der Waals surface area (Å²) in [7, 11) is 4.03. The summed E-state index contributed by atoms with van der Waals surface area (Å²) in [4.78, 5) is 2.05. The number of rotatable bonds is 3. The van der Waals surface area contributed by atoms with E-state index in [9.17, 15) is 0 Å². The summed E-state index contributed by atoms with van der Waals surface area (Å²) in [6.07, 6.45) is 0. The molecule has 18 heavy (non-hydrogen) atoms. The number of azo groups is 1. The number of anilines is 1. The van der Waals surface area contributed by atoms with E-state index in [0.29, 0.717) is 0 Å². The number of nitrogens with zero attached hydrogens (tertiary/aromatic N) is 3. The van der Waals surface area contributed by atoms with Gasteiger partial charge in [-0.1, -0.05) is 18.2 Å². The Morgan fingerprint density at radius 1 is 0.722 bits per heavy atom. The maximum atomic E-state index is 4.18. The molecule has 2 rings (SSSR count). The summed E-state index contributed by atoms with van der Waals surface area (Å²) < 4.78 is 0. The van der Waals surface area contributed by atoms with E-state index in [2.05, 4.69) is 15.1 Å². The van der Waals surface area contributed by atoms with Gasteiger partial charge in [-0.05, 0) is 36.4 Å². The van der Waals surface area contributed by atoms with Gasteiger partial charge in [-0.2, -0.15) is 10.2 Å². The zero-order chi connectivity index (χ0) is 12.1. The maximum Gasteiger partial charge on any atom is 0.0858 e. The zero-order valence-corrected chi connectivity index (χ0v) is 13.0. The zero-order valence-electron chi connectivity index (χ0n) is 11.0. The summed E-state index contributed by atoms with van der Waals surface area (Å²) in [5.41, 5.74) is 2.88. The molecule has 0 bridgehead atoms. The molecule has 87 valence electrons. The minimum atomic E-state index is 0. The first-order valence-corrected chi connectivity index (χ1v) is 5.50. The topological polar surface area (TPSA) is 28.0 Å². The molecular formula is C14H15N3Na. The van der Waals surface area contributed by atoms with Crippen LogP contribution in [0.2, 0.25) is 0 Å². The molecule has 0 spiro atoms. The van der Waals surface area contributed by atoms with Crippen molar-refractivity contribution in [3.8, 4) is 0 Å². The monoisotopic (exact) mass is 248 g/mol. The van der Waals surface area contributed by atoms with Gasteiger partial charge >= 0.3 is 0 Å². The van der Waals surface area contributed by atoms with Gasteiger partial charge in [-0.3, -0.25) is 0 Å². The first kappa shape index (κ1) is 14.9. The molecule has 0 N–H and O–H groups in total. The maximum absolute atomic E-state index is 4.18. The summed E-state index contributed by atoms with van der Waals surface area (Å²) in [5.74, 6) is 0. The van der Waals surface area contributed by atoms with Crippen LogP contribution in [0.3, 0.4) is 0 Å². The molecule has 0 aliphatic carbocycles. The van der Waals surface area contributed by atoms with E-state index >= 15 is 0 Å². The third kappa shape index (κ3) is 4.26. The summed E-state index contributed by atoms with van der Waals surface area (Å²) >= 11 is 0. The van der Waals surface area contributed by atoms with Crippen molar-refractivity contribution in [2.45, 2.75) is 0 Å². The Kier molecular flexibility index (Phi) is 6.05. The van der Waals surface area contributed by atoms with Gasteiger partial charge < -0.3 is 4.90 Å². The molecule has 0 saturated heterocycles. The molecule has 0 unspecified atom stereocenters. The van der Waals surface area contributed by atoms with Gasteiger partial charge in [0.15, 0.2) is 0 Å². The molecule has 3 nitrogen and oxygen atoms in total. The van der Waals surface area contributed by atoms with Crippen LogP contribution in [0.1, 0.15) is 0 Å². The van der Waals surface area contributed by atoms with Gasteiger partial charge in [0.1, 0.15) is 0 Å². The summed E-state index contributed by atoms with van der Waals surface area (Å²) in [5, 5.41) is 8.35. The molecule has 0 heterocycles. The molecular weight excluding hydrogens is 233 g/mol. The largest absolute Gasteiger partial charge is 0.378 e. The van der Waals surface area contributed by atoms with Crippen molar-refractivity contribution >= 4 is 46.6 Å². The Hall–Kier alpha value is -1.16. The van der Waals surface area contributed by atoms with Crippen LogP contribution < -0.4 is 4.90 Å². The second-order valence-electron chi connectivity index (χ2n) is 3.95. The molecule has 0 atom stereocenters. The molecule has 0 saturated carbocycles. The minimum Gasteiger partial charge on any atom is -0.378 e. The molecule has 1 radical (unpaired) electrons. The van der Waals surface area contributed by atoms with Crippen molar-refractivity contribution in [2.75, 3.05) is 19.0 Å². The third-order valence-corrected chi connectivity index (χ3v) is 2.40. The summed E-state index contributed by atoms with van der Waals surface area (Å²) in [6.45, 7) is 0. The molecule has 0 fully saturated rings. The van der Waals surface area contributed by atoms with Crippen LogP contribution in [-0.4, -0.2) is 43.7 Å². The average molecular weight is 248 g/mol. The third-order valence-electron chi connectivity index (χ3n) is 2.40. The van der Waals surface area contributed by atoms with E-state index in [-0.39, 0.29) is 29.6 Å². The van der Waals surface area contributed by atoms with Crippen molar-refractivity contribution in [3.63, 3.8) is 0 Å². The molecule has 0 aromatic heterocycles. The van der Waals surface area contributed by atoms with E-state index in [1.165, 1.54) is 0 Å². The van der Waals surface area contributed by atoms with Crippen LogP contribution in [-0.2, 0) is 0 Å². The Morgan fingerprint density at radius 3 is 1.72 bits per heavy atom. The standard InChI is InChI=1S/C14H15N3.Na/c1-17(2)14-10-8-13(9-11-14)16-15-12-6-4-3-5-7-12;/h3-11H,1-2H3;. The second kappa shape index (κ2) is 7.31. The van der Waals surface area contributed by atoms with Crippen LogP contribution in [0.5, 0.6) is 0 Å². The van der Waals surface area contributed by atoms with Gasteiger partial charge in [0, 0.05) is 49.3 Å². The second-order valence-corrected chi connectivity index (χ2v) is 3.95. The molecule has 0 aliphatic rings. The van der Waals surface area contributed by atoms with Gasteiger partial charge in [-0.25, -0.2) is 0 Å². The molecule has 4 heteroatoms. The van der Waals surface area contributed by atoms with E-state index in [1.807, 2.05) is 68.7 Å². The van der Waals surface area contributed by atoms with Crippen molar-refractivity contribution in [3.05, 3.63) is 54.6 Å². The van der Waals surface area contributed by atoms with Gasteiger partial charge in [0.25, 0.3) is 0 Å². The van der Waals surface area contributed by atoms with Gasteiger partial charge in [0.05, 0.1) is 11.4 Å². The quantitative estimate of drug-likeness (QED) is 0.600.